The van der Waals surface area contributed by atoms with Gasteiger partial charge in [0.25, 0.3) is 0 Å². The number of ether oxygens (including phenoxy) is 1. The van der Waals surface area contributed by atoms with Crippen LogP contribution in [0.2, 0.25) is 0 Å². The van der Waals surface area contributed by atoms with Gasteiger partial charge in [-0.15, -0.1) is 0 Å². The Hall–Kier alpha value is -4.74. The third kappa shape index (κ3) is 5.91. The third-order valence-corrected chi connectivity index (χ3v) is 5.11. The molecule has 0 aliphatic rings. The van der Waals surface area contributed by atoms with Crippen LogP contribution < -0.4 is 15.4 Å². The van der Waals surface area contributed by atoms with Crippen LogP contribution in [0, 0.1) is 22.7 Å². The van der Waals surface area contributed by atoms with Crippen LogP contribution in [0.3, 0.4) is 0 Å². The Labute approximate surface area is 193 Å². The molecule has 0 amide bonds. The van der Waals surface area contributed by atoms with Gasteiger partial charge in [0.1, 0.15) is 5.75 Å². The molecule has 33 heavy (non-hydrogen) atoms. The van der Waals surface area contributed by atoms with E-state index in [4.69, 9.17) is 15.3 Å². The molecule has 5 heteroatoms. The van der Waals surface area contributed by atoms with Gasteiger partial charge in [-0.25, -0.2) is 0 Å². The van der Waals surface area contributed by atoms with Crippen LogP contribution in [-0.2, 0) is 13.1 Å². The molecule has 160 valence electrons. The maximum absolute atomic E-state index is 8.93. The lowest BCUT2D eigenvalue weighted by molar-refractivity contribution is 0.484. The van der Waals surface area contributed by atoms with Crippen molar-refractivity contribution in [3.63, 3.8) is 0 Å². The summed E-state index contributed by atoms with van der Waals surface area (Å²) in [6.07, 6.45) is 0. The van der Waals surface area contributed by atoms with E-state index in [0.717, 1.165) is 34.0 Å². The van der Waals surface area contributed by atoms with E-state index in [1.54, 1.807) is 0 Å². The highest BCUT2D eigenvalue weighted by Gasteiger charge is 2.05. The van der Waals surface area contributed by atoms with Crippen LogP contribution >= 0.6 is 0 Å². The monoisotopic (exact) mass is 430 g/mol. The van der Waals surface area contributed by atoms with E-state index in [1.807, 2.05) is 97.1 Å². The Kier molecular flexibility index (Phi) is 6.85. The van der Waals surface area contributed by atoms with Crippen LogP contribution in [0.25, 0.3) is 0 Å². The highest BCUT2D eigenvalue weighted by Crippen LogP contribution is 2.30. The van der Waals surface area contributed by atoms with Gasteiger partial charge in [-0.1, -0.05) is 36.4 Å². The number of nitrogens with one attached hydrogen (secondary N) is 2. The number of para-hydroxylation sites is 2. The highest BCUT2D eigenvalue weighted by molar-refractivity contribution is 5.58. The first-order valence-electron chi connectivity index (χ1n) is 10.6. The minimum Gasteiger partial charge on any atom is -0.455 e. The molecule has 0 bridgehead atoms. The summed E-state index contributed by atoms with van der Waals surface area (Å²) in [5, 5.41) is 24.6. The molecule has 0 saturated heterocycles. The summed E-state index contributed by atoms with van der Waals surface area (Å²) >= 11 is 0. The zero-order chi connectivity index (χ0) is 22.9. The zero-order valence-corrected chi connectivity index (χ0v) is 18.0. The quantitative estimate of drug-likeness (QED) is 0.336. The Balaban J connectivity index is 1.35. The standard InChI is InChI=1S/C28H22N4O/c29-17-21-5-9-23(10-6-21)19-31-25-13-15-26(16-14-25)33-28-4-2-1-3-27(28)32-20-24-11-7-22(18-30)8-12-24/h1-16,31-32H,19-20H2. The number of hydrogen-bond acceptors (Lipinski definition) is 5. The fourth-order valence-electron chi connectivity index (χ4n) is 3.27. The van der Waals surface area contributed by atoms with Gasteiger partial charge in [0.05, 0.1) is 29.0 Å². The summed E-state index contributed by atoms with van der Waals surface area (Å²) < 4.78 is 6.11. The van der Waals surface area contributed by atoms with E-state index < -0.39 is 0 Å². The van der Waals surface area contributed by atoms with E-state index >= 15 is 0 Å². The molecule has 2 N–H and O–H groups in total. The average Bonchev–Trinajstić information content (AvgIpc) is 2.88. The van der Waals surface area contributed by atoms with Crippen LogP contribution in [-0.4, -0.2) is 0 Å². The summed E-state index contributed by atoms with van der Waals surface area (Å²) in [6.45, 7) is 1.30. The second-order valence-corrected chi connectivity index (χ2v) is 7.45. The topological polar surface area (TPSA) is 80.9 Å². The van der Waals surface area contributed by atoms with Gasteiger partial charge >= 0.3 is 0 Å². The summed E-state index contributed by atoms with van der Waals surface area (Å²) in [6, 6.07) is 34.9. The van der Waals surface area contributed by atoms with Crippen molar-refractivity contribution < 1.29 is 4.74 Å². The molecule has 0 saturated carbocycles. The summed E-state index contributed by atoms with van der Waals surface area (Å²) in [5.74, 6) is 1.48. The smallest absolute Gasteiger partial charge is 0.150 e. The van der Waals surface area contributed by atoms with Crippen molar-refractivity contribution >= 4 is 11.4 Å². The van der Waals surface area contributed by atoms with Gasteiger partial charge < -0.3 is 15.4 Å². The largest absolute Gasteiger partial charge is 0.455 e. The first-order chi connectivity index (χ1) is 16.2. The lowest BCUT2D eigenvalue weighted by Gasteiger charge is -2.14. The van der Waals surface area contributed by atoms with Gasteiger partial charge in [0, 0.05) is 18.8 Å². The molecule has 0 heterocycles. The number of anilines is 2. The van der Waals surface area contributed by atoms with Gasteiger partial charge in [-0.3, -0.25) is 0 Å². The second-order valence-electron chi connectivity index (χ2n) is 7.45. The molecule has 4 aromatic rings. The number of nitriles is 2. The van der Waals surface area contributed by atoms with E-state index in [9.17, 15) is 0 Å². The van der Waals surface area contributed by atoms with Crippen molar-refractivity contribution in [1.29, 1.82) is 10.5 Å². The minimum atomic E-state index is 0.629. The number of rotatable bonds is 8. The number of benzene rings is 4. The predicted molar refractivity (Wildman–Crippen MR) is 130 cm³/mol. The van der Waals surface area contributed by atoms with Crippen molar-refractivity contribution in [1.82, 2.24) is 0 Å². The zero-order valence-electron chi connectivity index (χ0n) is 18.0. The predicted octanol–water partition coefficient (Wildman–Crippen LogP) is 6.45. The maximum Gasteiger partial charge on any atom is 0.150 e. The van der Waals surface area contributed by atoms with Crippen molar-refractivity contribution in [2.24, 2.45) is 0 Å². The Morgan fingerprint density at radius 2 is 1.15 bits per heavy atom. The fraction of sp³-hybridized carbons (Fsp3) is 0.0714. The molecule has 0 aromatic heterocycles. The van der Waals surface area contributed by atoms with Crippen molar-refractivity contribution in [3.05, 3.63) is 119 Å². The van der Waals surface area contributed by atoms with Crippen molar-refractivity contribution in [2.75, 3.05) is 10.6 Å². The Bertz CT molecular complexity index is 1280. The van der Waals surface area contributed by atoms with Crippen LogP contribution in [0.5, 0.6) is 11.5 Å². The molecule has 0 spiro atoms. The van der Waals surface area contributed by atoms with Crippen molar-refractivity contribution in [3.8, 4) is 23.6 Å². The van der Waals surface area contributed by atoms with Crippen LogP contribution in [0.15, 0.2) is 97.1 Å². The third-order valence-electron chi connectivity index (χ3n) is 5.11. The number of hydrogen-bond donors (Lipinski definition) is 2. The summed E-state index contributed by atoms with van der Waals surface area (Å²) in [4.78, 5) is 0. The molecule has 4 aromatic carbocycles. The van der Waals surface area contributed by atoms with E-state index in [-0.39, 0.29) is 0 Å². The van der Waals surface area contributed by atoms with Crippen LogP contribution in [0.4, 0.5) is 11.4 Å². The Morgan fingerprint density at radius 3 is 1.73 bits per heavy atom. The van der Waals surface area contributed by atoms with Crippen LogP contribution in [0.1, 0.15) is 22.3 Å². The molecular formula is C28H22N4O. The molecule has 0 radical (unpaired) electrons. The lowest BCUT2D eigenvalue weighted by atomic mass is 10.1. The minimum absolute atomic E-state index is 0.629. The van der Waals surface area contributed by atoms with E-state index in [2.05, 4.69) is 22.8 Å². The van der Waals surface area contributed by atoms with Gasteiger partial charge in [-0.2, -0.15) is 10.5 Å². The molecule has 0 aliphatic carbocycles. The molecule has 0 aliphatic heterocycles. The maximum atomic E-state index is 8.93. The van der Waals surface area contributed by atoms with Crippen molar-refractivity contribution in [2.45, 2.75) is 13.1 Å². The molecular weight excluding hydrogens is 408 g/mol. The second kappa shape index (κ2) is 10.5. The fourth-order valence-corrected chi connectivity index (χ4v) is 3.27. The number of nitrogens with zero attached hydrogens (tertiary/aromatic N) is 2. The molecule has 0 atom stereocenters. The molecule has 5 nitrogen and oxygen atoms in total. The molecule has 0 fully saturated rings. The highest BCUT2D eigenvalue weighted by atomic mass is 16.5. The van der Waals surface area contributed by atoms with E-state index in [1.165, 1.54) is 0 Å². The first-order valence-corrected chi connectivity index (χ1v) is 10.6. The van der Waals surface area contributed by atoms with Gasteiger partial charge in [0.15, 0.2) is 5.75 Å². The lowest BCUT2D eigenvalue weighted by Crippen LogP contribution is -2.01. The normalized spacial score (nSPS) is 10.0. The van der Waals surface area contributed by atoms with Gasteiger partial charge in [-0.05, 0) is 71.8 Å². The summed E-state index contributed by atoms with van der Waals surface area (Å²) in [7, 11) is 0. The molecule has 4 rings (SSSR count). The first kappa shape index (κ1) is 21.5. The SMILES string of the molecule is N#Cc1ccc(CNc2ccc(Oc3ccccc3NCc3ccc(C#N)cc3)cc2)cc1. The average molecular weight is 431 g/mol. The van der Waals surface area contributed by atoms with E-state index in [0.29, 0.717) is 24.2 Å². The Morgan fingerprint density at radius 1 is 0.606 bits per heavy atom. The van der Waals surface area contributed by atoms with Gasteiger partial charge in [0.2, 0.25) is 0 Å². The molecule has 0 unspecified atom stereocenters. The summed E-state index contributed by atoms with van der Waals surface area (Å²) in [5.41, 5.74) is 5.38.